The predicted molar refractivity (Wildman–Crippen MR) is 51.6 cm³/mol. The molecule has 76 valence electrons. The van der Waals surface area contributed by atoms with Crippen LogP contribution in [0.1, 0.15) is 21.2 Å². The molecular formula is C9H17NO3. The van der Waals surface area contributed by atoms with E-state index in [1.807, 2.05) is 0 Å². The summed E-state index contributed by atoms with van der Waals surface area (Å²) in [5.74, 6) is -0.0229. The van der Waals surface area contributed by atoms with Gasteiger partial charge in [0, 0.05) is 7.85 Å². The molecule has 0 rings (SSSR count). The maximum Gasteiger partial charge on any atom is 0.407 e. The molecule has 0 fully saturated rings. The zero-order valence-electron chi connectivity index (χ0n) is 8.00. The second-order valence-corrected chi connectivity index (χ2v) is 2.53. The van der Waals surface area contributed by atoms with Crippen molar-refractivity contribution in [1.82, 2.24) is 5.32 Å². The topological polar surface area (TPSA) is 55.4 Å². The van der Waals surface area contributed by atoms with Crippen LogP contribution in [-0.2, 0) is 9.53 Å². The highest BCUT2D eigenvalue weighted by Crippen LogP contribution is 1.98. The Morgan fingerprint density at radius 1 is 1.69 bits per heavy atom. The molecule has 0 aromatic carbocycles. The third-order valence-corrected chi connectivity index (χ3v) is 1.62. The van der Waals surface area contributed by atoms with Crippen LogP contribution >= 0.6 is 0 Å². The molecule has 0 aliphatic carbocycles. The first-order chi connectivity index (χ1) is 6.15. The number of ketones is 1. The van der Waals surface area contributed by atoms with Gasteiger partial charge in [-0.3, -0.25) is 4.79 Å². The summed E-state index contributed by atoms with van der Waals surface area (Å²) in [5.41, 5.74) is 0. The third kappa shape index (κ3) is 4.30. The first kappa shape index (κ1) is 11.7. The molecule has 0 unspecified atom stereocenters. The van der Waals surface area contributed by atoms with Crippen LogP contribution in [0.2, 0.25) is 0 Å². The van der Waals surface area contributed by atoms with Crippen LogP contribution in [-0.4, -0.2) is 25.0 Å². The highest BCUT2D eigenvalue weighted by Gasteiger charge is 2.17. The number of methoxy groups -OCH3 is 1. The van der Waals surface area contributed by atoms with Crippen LogP contribution in [0.3, 0.4) is 0 Å². The van der Waals surface area contributed by atoms with Gasteiger partial charge in [-0.2, -0.15) is 0 Å². The van der Waals surface area contributed by atoms with E-state index in [-0.39, 0.29) is 7.21 Å². The second kappa shape index (κ2) is 6.22. The summed E-state index contributed by atoms with van der Waals surface area (Å²) >= 11 is 0. The molecule has 0 aromatic rings. The van der Waals surface area contributed by atoms with Crippen LogP contribution in [0.5, 0.6) is 0 Å². The Morgan fingerprint density at radius 2 is 2.31 bits per heavy atom. The predicted octanol–water partition coefficient (Wildman–Crippen LogP) is 1.51. The number of ether oxygens (including phenoxy) is 1. The quantitative estimate of drug-likeness (QED) is 0.664. The maximum atomic E-state index is 11.2. The molecule has 0 saturated heterocycles. The van der Waals surface area contributed by atoms with Crippen LogP contribution in [0.25, 0.3) is 0 Å². The molecule has 1 atom stereocenters. The van der Waals surface area contributed by atoms with E-state index in [2.05, 4.69) is 16.6 Å². The summed E-state index contributed by atoms with van der Waals surface area (Å²) in [4.78, 5) is 22.0. The number of hydrogen-bond donors (Lipinski definition) is 1. The van der Waals surface area contributed by atoms with E-state index in [0.717, 1.165) is 0 Å². The van der Waals surface area contributed by atoms with Gasteiger partial charge in [0.05, 0.1) is 13.2 Å². The largest absolute Gasteiger partial charge is 0.453 e. The van der Waals surface area contributed by atoms with E-state index in [9.17, 15) is 9.59 Å². The SMILES string of the molecule is C=CC[C@H](NC(=O)OC)C(=O)CC.[HH]. The van der Waals surface area contributed by atoms with E-state index in [4.69, 9.17) is 0 Å². The summed E-state index contributed by atoms with van der Waals surface area (Å²) in [5, 5.41) is 2.44. The molecule has 4 nitrogen and oxygen atoms in total. The van der Waals surface area contributed by atoms with Crippen LogP contribution in [0.15, 0.2) is 12.7 Å². The fourth-order valence-corrected chi connectivity index (χ4v) is 0.885. The minimum Gasteiger partial charge on any atom is -0.453 e. The normalized spacial score (nSPS) is 11.5. The molecule has 0 bridgehead atoms. The Balaban J connectivity index is 0. The Kier molecular flexibility index (Phi) is 5.59. The van der Waals surface area contributed by atoms with E-state index in [0.29, 0.717) is 12.8 Å². The molecule has 0 aromatic heterocycles. The Hall–Kier alpha value is -1.32. The van der Waals surface area contributed by atoms with Crippen LogP contribution < -0.4 is 5.32 Å². The van der Waals surface area contributed by atoms with Gasteiger partial charge < -0.3 is 10.1 Å². The minimum atomic E-state index is -0.589. The zero-order valence-corrected chi connectivity index (χ0v) is 8.00. The lowest BCUT2D eigenvalue weighted by molar-refractivity contribution is -0.120. The fraction of sp³-hybridized carbons (Fsp3) is 0.556. The summed E-state index contributed by atoms with van der Waals surface area (Å²) in [6.07, 6.45) is 1.83. The van der Waals surface area contributed by atoms with Crippen molar-refractivity contribution in [3.63, 3.8) is 0 Å². The molecule has 0 heterocycles. The molecule has 4 heteroatoms. The molecule has 0 spiro atoms. The average Bonchev–Trinajstić information content (AvgIpc) is 2.15. The number of Topliss-reactive ketones (excluding diaryl/α,β-unsaturated/α-hetero) is 1. The number of carbonyl (C=O) groups is 2. The molecule has 1 amide bonds. The monoisotopic (exact) mass is 187 g/mol. The Labute approximate surface area is 79.4 Å². The van der Waals surface area contributed by atoms with E-state index in [1.54, 1.807) is 13.0 Å². The third-order valence-electron chi connectivity index (χ3n) is 1.62. The van der Waals surface area contributed by atoms with Gasteiger partial charge in [0.1, 0.15) is 0 Å². The summed E-state index contributed by atoms with van der Waals surface area (Å²) in [7, 11) is 1.26. The summed E-state index contributed by atoms with van der Waals surface area (Å²) in [6.45, 7) is 5.25. The van der Waals surface area contributed by atoms with Crippen molar-refractivity contribution in [2.24, 2.45) is 0 Å². The van der Waals surface area contributed by atoms with Gasteiger partial charge in [0.15, 0.2) is 5.78 Å². The smallest absolute Gasteiger partial charge is 0.407 e. The standard InChI is InChI=1S/C9H15NO3.H2/c1-4-6-7(8(11)5-2)10-9(12)13-3;/h4,7H,1,5-6H2,2-3H3,(H,10,12);1H/t7-;/m0./s1. The highest BCUT2D eigenvalue weighted by molar-refractivity contribution is 5.87. The molecular weight excluding hydrogens is 170 g/mol. The lowest BCUT2D eigenvalue weighted by atomic mass is 10.1. The van der Waals surface area contributed by atoms with Crippen LogP contribution in [0, 0.1) is 0 Å². The van der Waals surface area contributed by atoms with Gasteiger partial charge in [0.25, 0.3) is 0 Å². The zero-order chi connectivity index (χ0) is 10.3. The summed E-state index contributed by atoms with van der Waals surface area (Å²) < 4.78 is 4.39. The highest BCUT2D eigenvalue weighted by atomic mass is 16.5. The number of rotatable bonds is 5. The van der Waals surface area contributed by atoms with Crippen molar-refractivity contribution in [1.29, 1.82) is 0 Å². The summed E-state index contributed by atoms with van der Waals surface area (Å²) in [6, 6.07) is -0.505. The van der Waals surface area contributed by atoms with E-state index in [1.165, 1.54) is 7.11 Å². The number of carbonyl (C=O) groups excluding carboxylic acids is 2. The lowest BCUT2D eigenvalue weighted by Gasteiger charge is -2.13. The fourth-order valence-electron chi connectivity index (χ4n) is 0.885. The lowest BCUT2D eigenvalue weighted by Crippen LogP contribution is -2.40. The first-order valence-corrected chi connectivity index (χ1v) is 4.13. The van der Waals surface area contributed by atoms with Gasteiger partial charge >= 0.3 is 6.09 Å². The second-order valence-electron chi connectivity index (χ2n) is 2.53. The van der Waals surface area contributed by atoms with E-state index >= 15 is 0 Å². The van der Waals surface area contributed by atoms with E-state index < -0.39 is 12.1 Å². The van der Waals surface area contributed by atoms with Crippen molar-refractivity contribution in [2.75, 3.05) is 7.11 Å². The van der Waals surface area contributed by atoms with Crippen molar-refractivity contribution in [3.05, 3.63) is 12.7 Å². The maximum absolute atomic E-state index is 11.2. The van der Waals surface area contributed by atoms with Gasteiger partial charge in [-0.25, -0.2) is 4.79 Å². The average molecular weight is 187 g/mol. The molecule has 0 aliphatic heterocycles. The molecule has 13 heavy (non-hydrogen) atoms. The van der Waals surface area contributed by atoms with Gasteiger partial charge in [-0.05, 0) is 6.42 Å². The van der Waals surface area contributed by atoms with Crippen molar-refractivity contribution < 1.29 is 15.8 Å². The van der Waals surface area contributed by atoms with Gasteiger partial charge in [0.2, 0.25) is 0 Å². The molecule has 0 radical (unpaired) electrons. The molecule has 0 aliphatic rings. The number of hydrogen-bond acceptors (Lipinski definition) is 3. The van der Waals surface area contributed by atoms with Crippen molar-refractivity contribution in [2.45, 2.75) is 25.8 Å². The number of nitrogens with one attached hydrogen (secondary N) is 1. The molecule has 0 saturated carbocycles. The minimum absolute atomic E-state index is 0. The number of alkyl carbamates (subject to hydrolysis) is 1. The Bertz CT molecular complexity index is 206. The van der Waals surface area contributed by atoms with Gasteiger partial charge in [-0.15, -0.1) is 6.58 Å². The molecule has 1 N–H and O–H groups in total. The van der Waals surface area contributed by atoms with Crippen molar-refractivity contribution >= 4 is 11.9 Å². The Morgan fingerprint density at radius 3 is 2.69 bits per heavy atom. The number of amides is 1. The van der Waals surface area contributed by atoms with Crippen molar-refractivity contribution in [3.8, 4) is 0 Å². The van der Waals surface area contributed by atoms with Gasteiger partial charge in [-0.1, -0.05) is 13.0 Å². The van der Waals surface area contributed by atoms with Crippen LogP contribution in [0.4, 0.5) is 4.79 Å². The first-order valence-electron chi connectivity index (χ1n) is 4.13.